The van der Waals surface area contributed by atoms with Gasteiger partial charge in [-0.1, -0.05) is 0 Å². The second-order valence-electron chi connectivity index (χ2n) is 4.70. The van der Waals surface area contributed by atoms with Gasteiger partial charge in [0.25, 0.3) is 0 Å². The SMILES string of the molecule is CCOc1cc(NCCC(=O)NC(C)C)c(N)cc1F. The van der Waals surface area contributed by atoms with Crippen molar-refractivity contribution in [2.24, 2.45) is 0 Å². The molecule has 0 saturated heterocycles. The summed E-state index contributed by atoms with van der Waals surface area (Å²) in [5, 5.41) is 5.80. The number of rotatable bonds is 7. The number of halogens is 1. The Hall–Kier alpha value is -1.98. The van der Waals surface area contributed by atoms with Crippen molar-refractivity contribution in [2.45, 2.75) is 33.2 Å². The molecule has 112 valence electrons. The lowest BCUT2D eigenvalue weighted by Crippen LogP contribution is -2.31. The summed E-state index contributed by atoms with van der Waals surface area (Å²) in [7, 11) is 0. The first-order valence-corrected chi connectivity index (χ1v) is 6.69. The van der Waals surface area contributed by atoms with Gasteiger partial charge in [0.15, 0.2) is 11.6 Å². The third-order valence-corrected chi connectivity index (χ3v) is 2.52. The van der Waals surface area contributed by atoms with Crippen LogP contribution in [0, 0.1) is 5.82 Å². The van der Waals surface area contributed by atoms with Crippen LogP contribution in [-0.4, -0.2) is 25.1 Å². The minimum absolute atomic E-state index is 0.0433. The molecule has 0 spiro atoms. The molecule has 0 radical (unpaired) electrons. The predicted molar refractivity (Wildman–Crippen MR) is 78.4 cm³/mol. The van der Waals surface area contributed by atoms with Crippen LogP contribution >= 0.6 is 0 Å². The highest BCUT2D eigenvalue weighted by Gasteiger charge is 2.09. The van der Waals surface area contributed by atoms with Crippen molar-refractivity contribution < 1.29 is 13.9 Å². The van der Waals surface area contributed by atoms with E-state index in [1.165, 1.54) is 12.1 Å². The molecule has 5 nitrogen and oxygen atoms in total. The molecule has 0 aliphatic heterocycles. The minimum atomic E-state index is -0.493. The number of hydrogen-bond acceptors (Lipinski definition) is 4. The van der Waals surface area contributed by atoms with E-state index < -0.39 is 5.82 Å². The second-order valence-corrected chi connectivity index (χ2v) is 4.70. The largest absolute Gasteiger partial charge is 0.491 e. The molecular weight excluding hydrogens is 261 g/mol. The molecule has 20 heavy (non-hydrogen) atoms. The van der Waals surface area contributed by atoms with E-state index in [1.807, 2.05) is 13.8 Å². The Morgan fingerprint density at radius 2 is 2.15 bits per heavy atom. The van der Waals surface area contributed by atoms with Crippen molar-refractivity contribution in [3.63, 3.8) is 0 Å². The zero-order chi connectivity index (χ0) is 15.1. The van der Waals surface area contributed by atoms with Crippen LogP contribution in [0.5, 0.6) is 5.75 Å². The van der Waals surface area contributed by atoms with Gasteiger partial charge in [0.2, 0.25) is 5.91 Å². The zero-order valence-corrected chi connectivity index (χ0v) is 12.1. The van der Waals surface area contributed by atoms with Crippen LogP contribution < -0.4 is 21.1 Å². The van der Waals surface area contributed by atoms with Gasteiger partial charge in [0.05, 0.1) is 18.0 Å². The lowest BCUT2D eigenvalue weighted by atomic mass is 10.2. The summed E-state index contributed by atoms with van der Waals surface area (Å²) in [4.78, 5) is 11.5. The number of carbonyl (C=O) groups is 1. The summed E-state index contributed by atoms with van der Waals surface area (Å²) < 4.78 is 18.7. The number of hydrogen-bond donors (Lipinski definition) is 3. The van der Waals surface area contributed by atoms with Gasteiger partial charge in [-0.15, -0.1) is 0 Å². The van der Waals surface area contributed by atoms with Crippen LogP contribution in [0.2, 0.25) is 0 Å². The average Bonchev–Trinajstić information content (AvgIpc) is 2.34. The van der Waals surface area contributed by atoms with E-state index in [4.69, 9.17) is 10.5 Å². The van der Waals surface area contributed by atoms with E-state index in [9.17, 15) is 9.18 Å². The smallest absolute Gasteiger partial charge is 0.221 e. The number of nitrogens with two attached hydrogens (primary N) is 1. The van der Waals surface area contributed by atoms with Crippen molar-refractivity contribution in [1.82, 2.24) is 5.32 Å². The maximum absolute atomic E-state index is 13.5. The first-order valence-electron chi connectivity index (χ1n) is 6.69. The Morgan fingerprint density at radius 1 is 1.45 bits per heavy atom. The van der Waals surface area contributed by atoms with Crippen molar-refractivity contribution >= 4 is 17.3 Å². The highest BCUT2D eigenvalue weighted by molar-refractivity contribution is 5.77. The molecule has 0 bridgehead atoms. The van der Waals surface area contributed by atoms with Gasteiger partial charge in [-0.05, 0) is 20.8 Å². The highest BCUT2D eigenvalue weighted by atomic mass is 19.1. The fourth-order valence-corrected chi connectivity index (χ4v) is 1.69. The van der Waals surface area contributed by atoms with Gasteiger partial charge in [-0.25, -0.2) is 4.39 Å². The van der Waals surface area contributed by atoms with E-state index in [0.717, 1.165) is 0 Å². The Labute approximate surface area is 118 Å². The lowest BCUT2D eigenvalue weighted by molar-refractivity contribution is -0.121. The van der Waals surface area contributed by atoms with E-state index in [-0.39, 0.29) is 23.4 Å². The van der Waals surface area contributed by atoms with Gasteiger partial charge in [0.1, 0.15) is 0 Å². The predicted octanol–water partition coefficient (Wildman–Crippen LogP) is 2.13. The van der Waals surface area contributed by atoms with E-state index in [1.54, 1.807) is 6.92 Å². The third-order valence-electron chi connectivity index (χ3n) is 2.52. The van der Waals surface area contributed by atoms with E-state index >= 15 is 0 Å². The first-order chi connectivity index (χ1) is 9.43. The summed E-state index contributed by atoms with van der Waals surface area (Å²) in [5.41, 5.74) is 6.57. The molecule has 6 heteroatoms. The van der Waals surface area contributed by atoms with Crippen molar-refractivity contribution in [3.05, 3.63) is 17.9 Å². The maximum Gasteiger partial charge on any atom is 0.221 e. The van der Waals surface area contributed by atoms with Crippen molar-refractivity contribution in [1.29, 1.82) is 0 Å². The Morgan fingerprint density at radius 3 is 2.75 bits per heavy atom. The molecule has 0 atom stereocenters. The van der Waals surface area contributed by atoms with E-state index in [0.29, 0.717) is 25.3 Å². The number of nitrogens with one attached hydrogen (secondary N) is 2. The highest BCUT2D eigenvalue weighted by Crippen LogP contribution is 2.28. The molecule has 0 unspecified atom stereocenters. The average molecular weight is 283 g/mol. The summed E-state index contributed by atoms with van der Waals surface area (Å²) in [5.74, 6) is -0.388. The number of anilines is 2. The number of benzene rings is 1. The lowest BCUT2D eigenvalue weighted by Gasteiger charge is -2.13. The summed E-state index contributed by atoms with van der Waals surface area (Å²) in [6.45, 7) is 6.37. The van der Waals surface area contributed by atoms with Crippen LogP contribution in [0.25, 0.3) is 0 Å². The number of amides is 1. The molecule has 0 aliphatic carbocycles. The van der Waals surface area contributed by atoms with Crippen LogP contribution in [0.1, 0.15) is 27.2 Å². The topological polar surface area (TPSA) is 76.4 Å². The van der Waals surface area contributed by atoms with Gasteiger partial charge >= 0.3 is 0 Å². The molecule has 1 aromatic rings. The standard InChI is InChI=1S/C14H22FN3O2/c1-4-20-13-8-12(11(16)7-10(13)15)17-6-5-14(19)18-9(2)3/h7-9,17H,4-6,16H2,1-3H3,(H,18,19). The van der Waals surface area contributed by atoms with Crippen LogP contribution in [0.15, 0.2) is 12.1 Å². The summed E-state index contributed by atoms with van der Waals surface area (Å²) >= 11 is 0. The monoisotopic (exact) mass is 283 g/mol. The molecule has 1 amide bonds. The molecule has 0 aromatic heterocycles. The first kappa shape index (κ1) is 16.1. The third kappa shape index (κ3) is 4.95. The second kappa shape index (κ2) is 7.57. The zero-order valence-electron chi connectivity index (χ0n) is 12.1. The van der Waals surface area contributed by atoms with Crippen LogP contribution in [0.4, 0.5) is 15.8 Å². The van der Waals surface area contributed by atoms with E-state index in [2.05, 4.69) is 10.6 Å². The molecular formula is C14H22FN3O2. The van der Waals surface area contributed by atoms with Crippen molar-refractivity contribution in [2.75, 3.05) is 24.2 Å². The fraction of sp³-hybridized carbons (Fsp3) is 0.500. The summed E-state index contributed by atoms with van der Waals surface area (Å²) in [6.07, 6.45) is 0.318. The quantitative estimate of drug-likeness (QED) is 0.670. The Bertz CT molecular complexity index is 464. The molecule has 1 aromatic carbocycles. The molecule has 0 aliphatic rings. The molecule has 0 saturated carbocycles. The van der Waals surface area contributed by atoms with Gasteiger partial charge in [0, 0.05) is 31.1 Å². The van der Waals surface area contributed by atoms with Crippen LogP contribution in [-0.2, 0) is 4.79 Å². The molecule has 0 fully saturated rings. The Balaban J connectivity index is 2.59. The normalized spacial score (nSPS) is 10.4. The Kier molecular flexibility index (Phi) is 6.09. The maximum atomic E-state index is 13.5. The number of nitrogen functional groups attached to an aromatic ring is 1. The number of carbonyl (C=O) groups excluding carboxylic acids is 1. The van der Waals surface area contributed by atoms with Crippen LogP contribution in [0.3, 0.4) is 0 Å². The summed E-state index contributed by atoms with van der Waals surface area (Å²) in [6, 6.07) is 2.83. The number of ether oxygens (including phenoxy) is 1. The van der Waals surface area contributed by atoms with Gasteiger partial charge < -0.3 is 21.1 Å². The molecule has 4 N–H and O–H groups in total. The van der Waals surface area contributed by atoms with Gasteiger partial charge in [-0.3, -0.25) is 4.79 Å². The minimum Gasteiger partial charge on any atom is -0.491 e. The van der Waals surface area contributed by atoms with Gasteiger partial charge in [-0.2, -0.15) is 0 Å². The van der Waals surface area contributed by atoms with Crippen molar-refractivity contribution in [3.8, 4) is 5.75 Å². The fourth-order valence-electron chi connectivity index (χ4n) is 1.69. The molecule has 1 rings (SSSR count). The molecule has 0 heterocycles.